The number of aromatic nitrogens is 3. The molecule has 4 rings (SSSR count). The molecular weight excluding hydrogens is 478 g/mol. The van der Waals surface area contributed by atoms with Crippen LogP contribution in [0.25, 0.3) is 0 Å². The zero-order chi connectivity index (χ0) is 24.9. The molecule has 3 aromatic rings. The van der Waals surface area contributed by atoms with E-state index in [0.717, 1.165) is 36.1 Å². The minimum Gasteiger partial charge on any atom is -0.486 e. The molecule has 1 amide bonds. The largest absolute Gasteiger partial charge is 0.486 e. The molecule has 1 N–H and O–H groups in total. The first-order valence-electron chi connectivity index (χ1n) is 11.6. The fourth-order valence-corrected chi connectivity index (χ4v) is 6.19. The van der Waals surface area contributed by atoms with Gasteiger partial charge in [0.25, 0.3) is 0 Å². The van der Waals surface area contributed by atoms with Crippen molar-refractivity contribution >= 4 is 34.0 Å². The van der Waals surface area contributed by atoms with Gasteiger partial charge in [0, 0.05) is 11.4 Å². The number of rotatable bonds is 9. The molecule has 0 fully saturated rings. The number of nitrogens with one attached hydrogen (secondary N) is 1. The smallest absolute Gasteiger partial charge is 0.235 e. The Morgan fingerprint density at radius 3 is 2.97 bits per heavy atom. The van der Waals surface area contributed by atoms with Gasteiger partial charge in [-0.25, -0.2) is 0 Å². The fraction of sp³-hybridized carbons (Fsp3) is 0.385. The number of hydrogen-bond acceptors (Lipinski definition) is 7. The number of carbonyl (C=O) groups excluding carboxylic acids is 1. The van der Waals surface area contributed by atoms with Gasteiger partial charge in [-0.3, -0.25) is 9.36 Å². The van der Waals surface area contributed by atoms with Gasteiger partial charge in [0.15, 0.2) is 11.0 Å². The van der Waals surface area contributed by atoms with Crippen molar-refractivity contribution in [2.45, 2.75) is 58.3 Å². The van der Waals surface area contributed by atoms with Crippen molar-refractivity contribution in [2.24, 2.45) is 5.92 Å². The van der Waals surface area contributed by atoms with Gasteiger partial charge < -0.3 is 10.1 Å². The van der Waals surface area contributed by atoms with Crippen LogP contribution in [0.15, 0.2) is 36.0 Å². The summed E-state index contributed by atoms with van der Waals surface area (Å²) in [5, 5.41) is 22.5. The van der Waals surface area contributed by atoms with Crippen molar-refractivity contribution in [1.29, 1.82) is 5.26 Å². The number of thiophene rings is 1. The lowest BCUT2D eigenvalue weighted by Crippen LogP contribution is -2.15. The van der Waals surface area contributed by atoms with E-state index in [2.05, 4.69) is 42.0 Å². The minimum absolute atomic E-state index is 0.164. The quantitative estimate of drug-likeness (QED) is 0.306. The fourth-order valence-electron chi connectivity index (χ4n) is 4.05. The highest BCUT2D eigenvalue weighted by Gasteiger charge is 2.25. The number of benzene rings is 1. The molecule has 2 aromatic heterocycles. The van der Waals surface area contributed by atoms with Crippen molar-refractivity contribution in [1.82, 2.24) is 14.8 Å². The third kappa shape index (κ3) is 5.77. The van der Waals surface area contributed by atoms with Crippen LogP contribution in [0.3, 0.4) is 0 Å². The molecule has 182 valence electrons. The van der Waals surface area contributed by atoms with Gasteiger partial charge in [-0.15, -0.1) is 28.1 Å². The number of carbonyl (C=O) groups is 1. The first-order valence-corrected chi connectivity index (χ1v) is 13.4. The second kappa shape index (κ2) is 11.1. The van der Waals surface area contributed by atoms with Crippen LogP contribution >= 0.6 is 23.1 Å². The normalized spacial score (nSPS) is 14.7. The van der Waals surface area contributed by atoms with Crippen LogP contribution < -0.4 is 10.1 Å². The van der Waals surface area contributed by atoms with E-state index in [1.807, 2.05) is 29.7 Å². The molecule has 2 heterocycles. The first-order chi connectivity index (χ1) is 16.9. The predicted octanol–water partition coefficient (Wildman–Crippen LogP) is 5.45. The van der Waals surface area contributed by atoms with Gasteiger partial charge in [-0.05, 0) is 67.9 Å². The lowest BCUT2D eigenvalue weighted by molar-refractivity contribution is -0.113. The Hall–Kier alpha value is -3.09. The number of fused-ring (bicyclic) bond motifs is 1. The Balaban J connectivity index is 1.40. The standard InChI is InChI=1S/C26H29N5O2S2/c1-5-10-31-23(14-33-19-8-7-17(3)18(4)12-19)29-30-26(31)34-15-24(32)28-25-21(13-27)20-9-6-16(2)11-22(20)35-25/h5,7-8,12,16H,1,6,9-11,14-15H2,2-4H3,(H,28,32). The van der Waals surface area contributed by atoms with Crippen molar-refractivity contribution in [3.05, 3.63) is 63.8 Å². The number of aryl methyl sites for hydroxylation is 2. The molecule has 1 unspecified atom stereocenters. The number of allylic oxidation sites excluding steroid dienone is 1. The second-order valence-electron chi connectivity index (χ2n) is 8.84. The molecule has 35 heavy (non-hydrogen) atoms. The van der Waals surface area contributed by atoms with Crippen molar-refractivity contribution in [3.8, 4) is 11.8 Å². The number of hydrogen-bond donors (Lipinski definition) is 1. The summed E-state index contributed by atoms with van der Waals surface area (Å²) in [4.78, 5) is 14.0. The summed E-state index contributed by atoms with van der Waals surface area (Å²) < 4.78 is 7.83. The van der Waals surface area contributed by atoms with E-state index in [-0.39, 0.29) is 18.3 Å². The summed E-state index contributed by atoms with van der Waals surface area (Å²) >= 11 is 2.84. The average molecular weight is 508 g/mol. The molecule has 0 spiro atoms. The van der Waals surface area contributed by atoms with Crippen LogP contribution in [0, 0.1) is 31.1 Å². The zero-order valence-corrected chi connectivity index (χ0v) is 21.9. The predicted molar refractivity (Wildman–Crippen MR) is 140 cm³/mol. The van der Waals surface area contributed by atoms with Crippen LogP contribution in [0.1, 0.15) is 46.3 Å². The maximum atomic E-state index is 12.7. The van der Waals surface area contributed by atoms with E-state index in [1.165, 1.54) is 33.5 Å². The average Bonchev–Trinajstić information content (AvgIpc) is 3.38. The van der Waals surface area contributed by atoms with Gasteiger partial charge in [-0.2, -0.15) is 5.26 Å². The topological polar surface area (TPSA) is 92.8 Å². The maximum Gasteiger partial charge on any atom is 0.235 e. The highest BCUT2D eigenvalue weighted by Crippen LogP contribution is 2.39. The molecule has 0 saturated heterocycles. The Kier molecular flexibility index (Phi) is 7.93. The van der Waals surface area contributed by atoms with Gasteiger partial charge in [-0.1, -0.05) is 30.8 Å². The van der Waals surface area contributed by atoms with Crippen LogP contribution in [-0.4, -0.2) is 26.4 Å². The van der Waals surface area contributed by atoms with Crippen LogP contribution in [0.4, 0.5) is 5.00 Å². The maximum absolute atomic E-state index is 12.7. The Morgan fingerprint density at radius 2 is 2.23 bits per heavy atom. The van der Waals surface area contributed by atoms with Crippen molar-refractivity contribution in [2.75, 3.05) is 11.1 Å². The Labute approximate surface area is 214 Å². The van der Waals surface area contributed by atoms with Gasteiger partial charge in [0.1, 0.15) is 23.4 Å². The monoisotopic (exact) mass is 507 g/mol. The second-order valence-corrected chi connectivity index (χ2v) is 10.9. The number of amides is 1. The number of anilines is 1. The van der Waals surface area contributed by atoms with Crippen molar-refractivity contribution < 1.29 is 9.53 Å². The van der Waals surface area contributed by atoms with E-state index in [0.29, 0.717) is 34.0 Å². The SMILES string of the molecule is C=CCn1c(COc2ccc(C)c(C)c2)nnc1SCC(=O)Nc1sc2c(c1C#N)CCC(C)C2. The van der Waals surface area contributed by atoms with E-state index in [4.69, 9.17) is 4.74 Å². The molecule has 0 saturated carbocycles. The van der Waals surface area contributed by atoms with Gasteiger partial charge >= 0.3 is 0 Å². The lowest BCUT2D eigenvalue weighted by Gasteiger charge is -2.17. The third-order valence-electron chi connectivity index (χ3n) is 6.16. The summed E-state index contributed by atoms with van der Waals surface area (Å²) in [7, 11) is 0. The molecule has 0 aliphatic heterocycles. The molecule has 1 aliphatic carbocycles. The summed E-state index contributed by atoms with van der Waals surface area (Å²) in [6.07, 6.45) is 4.72. The summed E-state index contributed by atoms with van der Waals surface area (Å²) in [5.41, 5.74) is 4.11. The van der Waals surface area contributed by atoms with E-state index in [1.54, 1.807) is 6.08 Å². The molecule has 0 bridgehead atoms. The van der Waals surface area contributed by atoms with Crippen LogP contribution in [0.5, 0.6) is 5.75 Å². The van der Waals surface area contributed by atoms with Gasteiger partial charge in [0.05, 0.1) is 11.3 Å². The molecule has 0 radical (unpaired) electrons. The third-order valence-corrected chi connectivity index (χ3v) is 8.30. The number of nitriles is 1. The van der Waals surface area contributed by atoms with E-state index >= 15 is 0 Å². The highest BCUT2D eigenvalue weighted by molar-refractivity contribution is 7.99. The number of nitrogens with zero attached hydrogens (tertiary/aromatic N) is 4. The minimum atomic E-state index is -0.167. The number of thioether (sulfide) groups is 1. The molecule has 9 heteroatoms. The summed E-state index contributed by atoms with van der Waals surface area (Å²) in [5.74, 6) is 2.04. The Morgan fingerprint density at radius 1 is 1.40 bits per heavy atom. The molecule has 1 atom stereocenters. The molecule has 1 aliphatic rings. The summed E-state index contributed by atoms with van der Waals surface area (Å²) in [6, 6.07) is 8.27. The highest BCUT2D eigenvalue weighted by atomic mass is 32.2. The Bertz CT molecular complexity index is 1290. The van der Waals surface area contributed by atoms with Gasteiger partial charge in [0.2, 0.25) is 5.91 Å². The molecule has 1 aromatic carbocycles. The molecule has 7 nitrogen and oxygen atoms in total. The van der Waals surface area contributed by atoms with Crippen LogP contribution in [-0.2, 0) is 30.8 Å². The number of ether oxygens (including phenoxy) is 1. The zero-order valence-electron chi connectivity index (χ0n) is 20.3. The molecular formula is C26H29N5O2S2. The van der Waals surface area contributed by atoms with E-state index in [9.17, 15) is 10.1 Å². The van der Waals surface area contributed by atoms with Crippen molar-refractivity contribution in [3.63, 3.8) is 0 Å². The lowest BCUT2D eigenvalue weighted by atomic mass is 9.89. The summed E-state index contributed by atoms with van der Waals surface area (Å²) in [6.45, 7) is 10.9. The van der Waals surface area contributed by atoms with E-state index < -0.39 is 0 Å². The van der Waals surface area contributed by atoms with Crippen LogP contribution in [0.2, 0.25) is 0 Å². The first kappa shape index (κ1) is 25.0.